The van der Waals surface area contributed by atoms with Gasteiger partial charge in [0.2, 0.25) is 5.91 Å². The van der Waals surface area contributed by atoms with E-state index in [1.807, 2.05) is 35.2 Å². The molecule has 1 heterocycles. The Balaban J connectivity index is 1.41. The van der Waals surface area contributed by atoms with Crippen LogP contribution in [0.5, 0.6) is 11.5 Å². The van der Waals surface area contributed by atoms with Crippen LogP contribution in [0.4, 0.5) is 0 Å². The number of methoxy groups -OCH3 is 1. The Morgan fingerprint density at radius 2 is 1.75 bits per heavy atom. The number of fused-ring (bicyclic) bond motifs is 1. The van der Waals surface area contributed by atoms with Crippen molar-refractivity contribution in [1.82, 2.24) is 4.90 Å². The smallest absolute Gasteiger partial charge is 0.223 e. The predicted molar refractivity (Wildman–Crippen MR) is 93.3 cm³/mol. The van der Waals surface area contributed by atoms with E-state index in [4.69, 9.17) is 9.47 Å². The molecule has 2 aromatic rings. The maximum atomic E-state index is 12.4. The Kier molecular flexibility index (Phi) is 5.36. The van der Waals surface area contributed by atoms with Gasteiger partial charge in [-0.05, 0) is 48.2 Å². The van der Waals surface area contributed by atoms with Gasteiger partial charge in [-0.1, -0.05) is 24.3 Å². The van der Waals surface area contributed by atoms with Crippen molar-refractivity contribution in [3.63, 3.8) is 0 Å². The fourth-order valence-corrected chi connectivity index (χ4v) is 2.95. The molecule has 126 valence electrons. The highest BCUT2D eigenvalue weighted by atomic mass is 16.5. The van der Waals surface area contributed by atoms with Gasteiger partial charge in [0.15, 0.2) is 0 Å². The summed E-state index contributed by atoms with van der Waals surface area (Å²) in [5, 5.41) is 0. The Morgan fingerprint density at radius 1 is 1.04 bits per heavy atom. The van der Waals surface area contributed by atoms with Crippen molar-refractivity contribution in [3.05, 3.63) is 59.7 Å². The Bertz CT molecular complexity index is 682. The largest absolute Gasteiger partial charge is 0.497 e. The van der Waals surface area contributed by atoms with Crippen LogP contribution in [-0.4, -0.2) is 31.1 Å². The van der Waals surface area contributed by atoms with Gasteiger partial charge < -0.3 is 14.4 Å². The van der Waals surface area contributed by atoms with Crippen molar-refractivity contribution in [3.8, 4) is 11.5 Å². The van der Waals surface area contributed by atoms with Gasteiger partial charge in [0.25, 0.3) is 0 Å². The molecule has 1 amide bonds. The molecule has 0 saturated carbocycles. The van der Waals surface area contributed by atoms with Crippen LogP contribution in [0, 0.1) is 0 Å². The molecule has 0 N–H and O–H groups in total. The minimum Gasteiger partial charge on any atom is -0.497 e. The maximum Gasteiger partial charge on any atom is 0.223 e. The fraction of sp³-hybridized carbons (Fsp3) is 0.350. The maximum absolute atomic E-state index is 12.4. The van der Waals surface area contributed by atoms with E-state index >= 15 is 0 Å². The molecule has 0 saturated heterocycles. The van der Waals surface area contributed by atoms with Crippen molar-refractivity contribution < 1.29 is 14.3 Å². The molecular weight excluding hydrogens is 302 g/mol. The van der Waals surface area contributed by atoms with Crippen LogP contribution in [-0.2, 0) is 17.8 Å². The molecule has 0 radical (unpaired) electrons. The van der Waals surface area contributed by atoms with E-state index in [2.05, 4.69) is 18.2 Å². The third-order valence-electron chi connectivity index (χ3n) is 4.35. The van der Waals surface area contributed by atoms with Gasteiger partial charge in [0, 0.05) is 19.5 Å². The van der Waals surface area contributed by atoms with Gasteiger partial charge in [-0.25, -0.2) is 0 Å². The number of carbonyl (C=O) groups is 1. The van der Waals surface area contributed by atoms with Crippen LogP contribution in [0.3, 0.4) is 0 Å². The highest BCUT2D eigenvalue weighted by molar-refractivity contribution is 5.76. The molecule has 0 atom stereocenters. The highest BCUT2D eigenvalue weighted by Crippen LogP contribution is 2.20. The summed E-state index contributed by atoms with van der Waals surface area (Å²) in [6.45, 7) is 2.09. The topological polar surface area (TPSA) is 38.8 Å². The van der Waals surface area contributed by atoms with Crippen LogP contribution in [0.1, 0.15) is 24.0 Å². The molecule has 0 unspecified atom stereocenters. The second-order valence-corrected chi connectivity index (χ2v) is 5.96. The monoisotopic (exact) mass is 325 g/mol. The van der Waals surface area contributed by atoms with E-state index in [-0.39, 0.29) is 5.91 Å². The normalized spacial score (nSPS) is 13.3. The van der Waals surface area contributed by atoms with Gasteiger partial charge in [0.1, 0.15) is 11.5 Å². The highest BCUT2D eigenvalue weighted by Gasteiger charge is 2.19. The molecule has 1 aliphatic heterocycles. The van der Waals surface area contributed by atoms with E-state index in [0.29, 0.717) is 13.0 Å². The Hall–Kier alpha value is -2.49. The average Bonchev–Trinajstić information content (AvgIpc) is 2.65. The number of nitrogens with zero attached hydrogens (tertiary/aromatic N) is 1. The lowest BCUT2D eigenvalue weighted by molar-refractivity contribution is -0.132. The first kappa shape index (κ1) is 16.4. The van der Waals surface area contributed by atoms with E-state index in [9.17, 15) is 4.79 Å². The van der Waals surface area contributed by atoms with E-state index in [0.717, 1.165) is 37.4 Å². The quantitative estimate of drug-likeness (QED) is 0.764. The molecular formula is C20H23NO3. The Morgan fingerprint density at radius 3 is 2.50 bits per heavy atom. The molecule has 0 aromatic heterocycles. The number of ether oxygens (including phenoxy) is 2. The predicted octanol–water partition coefficient (Wildman–Crippen LogP) is 3.44. The van der Waals surface area contributed by atoms with Gasteiger partial charge in [0.05, 0.1) is 13.7 Å². The zero-order valence-corrected chi connectivity index (χ0v) is 14.0. The minimum absolute atomic E-state index is 0.211. The second-order valence-electron chi connectivity index (χ2n) is 5.96. The van der Waals surface area contributed by atoms with Gasteiger partial charge >= 0.3 is 0 Å². The summed E-state index contributed by atoms with van der Waals surface area (Å²) in [5.74, 6) is 1.82. The zero-order valence-electron chi connectivity index (χ0n) is 14.0. The van der Waals surface area contributed by atoms with Crippen molar-refractivity contribution in [2.75, 3.05) is 20.3 Å². The number of benzene rings is 2. The van der Waals surface area contributed by atoms with Crippen molar-refractivity contribution in [1.29, 1.82) is 0 Å². The lowest BCUT2D eigenvalue weighted by Crippen LogP contribution is -2.35. The molecule has 1 aliphatic rings. The number of hydrogen-bond donors (Lipinski definition) is 0. The summed E-state index contributed by atoms with van der Waals surface area (Å²) in [6.07, 6.45) is 2.20. The third-order valence-corrected chi connectivity index (χ3v) is 4.35. The molecule has 2 aromatic carbocycles. The first-order valence-electron chi connectivity index (χ1n) is 8.37. The first-order chi connectivity index (χ1) is 11.8. The van der Waals surface area contributed by atoms with Crippen LogP contribution >= 0.6 is 0 Å². The number of rotatable bonds is 6. The van der Waals surface area contributed by atoms with Crippen molar-refractivity contribution in [2.45, 2.75) is 25.8 Å². The van der Waals surface area contributed by atoms with E-state index in [1.165, 1.54) is 11.1 Å². The van der Waals surface area contributed by atoms with Crippen molar-refractivity contribution in [2.24, 2.45) is 0 Å². The van der Waals surface area contributed by atoms with E-state index in [1.54, 1.807) is 7.11 Å². The third kappa shape index (κ3) is 4.07. The van der Waals surface area contributed by atoms with Crippen LogP contribution in [0.15, 0.2) is 48.5 Å². The van der Waals surface area contributed by atoms with Gasteiger partial charge in [-0.2, -0.15) is 0 Å². The number of amides is 1. The lowest BCUT2D eigenvalue weighted by Gasteiger charge is -2.29. The average molecular weight is 325 g/mol. The molecule has 0 aliphatic carbocycles. The molecule has 4 nitrogen and oxygen atoms in total. The van der Waals surface area contributed by atoms with Crippen LogP contribution in [0.25, 0.3) is 0 Å². The summed E-state index contributed by atoms with van der Waals surface area (Å²) in [7, 11) is 1.64. The van der Waals surface area contributed by atoms with Crippen molar-refractivity contribution >= 4 is 5.91 Å². The molecule has 0 spiro atoms. The summed E-state index contributed by atoms with van der Waals surface area (Å²) >= 11 is 0. The second kappa shape index (κ2) is 7.86. The summed E-state index contributed by atoms with van der Waals surface area (Å²) in [4.78, 5) is 14.3. The summed E-state index contributed by atoms with van der Waals surface area (Å²) < 4.78 is 10.8. The molecule has 24 heavy (non-hydrogen) atoms. The standard InChI is InChI=1S/C20H23NO3/c1-23-18-8-10-19(11-9-18)24-14-4-7-20(22)21-13-12-16-5-2-3-6-17(16)15-21/h2-3,5-6,8-11H,4,7,12-15H2,1H3. The Labute approximate surface area is 143 Å². The van der Waals surface area contributed by atoms with E-state index < -0.39 is 0 Å². The lowest BCUT2D eigenvalue weighted by atomic mass is 9.99. The van der Waals surface area contributed by atoms with Gasteiger partial charge in [-0.15, -0.1) is 0 Å². The van der Waals surface area contributed by atoms with Crippen LogP contribution < -0.4 is 9.47 Å². The fourth-order valence-electron chi connectivity index (χ4n) is 2.95. The minimum atomic E-state index is 0.211. The summed E-state index contributed by atoms with van der Waals surface area (Å²) in [6, 6.07) is 15.9. The zero-order chi connectivity index (χ0) is 16.8. The molecule has 0 bridgehead atoms. The molecule has 3 rings (SSSR count). The number of carbonyl (C=O) groups excluding carboxylic acids is 1. The first-order valence-corrected chi connectivity index (χ1v) is 8.37. The number of hydrogen-bond acceptors (Lipinski definition) is 3. The molecule has 4 heteroatoms. The summed E-state index contributed by atoms with van der Waals surface area (Å²) in [5.41, 5.74) is 2.64. The molecule has 0 fully saturated rings. The SMILES string of the molecule is COc1ccc(OCCCC(=O)N2CCc3ccccc3C2)cc1. The van der Waals surface area contributed by atoms with Gasteiger partial charge in [-0.3, -0.25) is 4.79 Å². The van der Waals surface area contributed by atoms with Crippen LogP contribution in [0.2, 0.25) is 0 Å².